The molecule has 1 aromatic heterocycles. The molecule has 1 saturated heterocycles. The molecule has 2 aliphatic heterocycles. The zero-order valence-corrected chi connectivity index (χ0v) is 11.1. The van der Waals surface area contributed by atoms with Crippen LogP contribution in [-0.2, 0) is 13.1 Å². The van der Waals surface area contributed by atoms with Gasteiger partial charge in [-0.25, -0.2) is 0 Å². The van der Waals surface area contributed by atoms with Crippen molar-refractivity contribution in [3.05, 3.63) is 18.0 Å². The summed E-state index contributed by atoms with van der Waals surface area (Å²) in [6, 6.07) is 2.07. The van der Waals surface area contributed by atoms with Crippen LogP contribution in [0.3, 0.4) is 0 Å². The summed E-state index contributed by atoms with van der Waals surface area (Å²) < 4.78 is 2.07. The summed E-state index contributed by atoms with van der Waals surface area (Å²) in [5.41, 5.74) is 1.30. The van der Waals surface area contributed by atoms with Crippen LogP contribution in [0.15, 0.2) is 12.3 Å². The minimum absolute atomic E-state index is 0.972. The molecule has 0 spiro atoms. The van der Waals surface area contributed by atoms with E-state index in [0.29, 0.717) is 0 Å². The van der Waals surface area contributed by atoms with Crippen molar-refractivity contribution in [3.63, 3.8) is 0 Å². The second-order valence-corrected chi connectivity index (χ2v) is 5.78. The van der Waals surface area contributed by atoms with Crippen LogP contribution in [0.5, 0.6) is 0 Å². The van der Waals surface area contributed by atoms with Crippen LogP contribution in [0, 0.1) is 11.8 Å². The monoisotopic (exact) mass is 248 g/mol. The molecule has 3 aliphatic rings. The summed E-state index contributed by atoms with van der Waals surface area (Å²) in [5, 5.41) is 11.0. The molecule has 1 saturated carbocycles. The predicted octanol–water partition coefficient (Wildman–Crippen LogP) is 1.38. The summed E-state index contributed by atoms with van der Waals surface area (Å²) >= 11 is 0. The van der Waals surface area contributed by atoms with Crippen LogP contribution in [0.1, 0.15) is 31.4 Å². The molecule has 4 nitrogen and oxygen atoms in total. The van der Waals surface area contributed by atoms with Gasteiger partial charge in [-0.3, -0.25) is 4.68 Å². The van der Waals surface area contributed by atoms with E-state index in [1.165, 1.54) is 44.5 Å². The Labute approximate surface area is 109 Å². The molecule has 1 aromatic rings. The van der Waals surface area contributed by atoms with Gasteiger partial charge in [0.1, 0.15) is 0 Å². The molecule has 4 heteroatoms. The average molecular weight is 248 g/mol. The molecule has 0 radical (unpaired) electrons. The predicted molar refractivity (Wildman–Crippen MR) is 72.3 cm³/mol. The Balaban J connectivity index is 0.000000114. The van der Waals surface area contributed by atoms with Gasteiger partial charge in [-0.05, 0) is 63.2 Å². The third-order valence-corrected chi connectivity index (χ3v) is 4.35. The molecular weight excluding hydrogens is 224 g/mol. The quantitative estimate of drug-likeness (QED) is 0.729. The van der Waals surface area contributed by atoms with Crippen molar-refractivity contribution in [2.45, 2.75) is 38.8 Å². The third kappa shape index (κ3) is 2.93. The average Bonchev–Trinajstić information content (AvgIpc) is 2.91. The maximum absolute atomic E-state index is 4.19. The van der Waals surface area contributed by atoms with E-state index in [1.54, 1.807) is 0 Å². The molecule has 2 unspecified atom stereocenters. The van der Waals surface area contributed by atoms with Gasteiger partial charge in [0.25, 0.3) is 0 Å². The topological polar surface area (TPSA) is 41.9 Å². The molecule has 0 aromatic carbocycles. The number of hydrogen-bond acceptors (Lipinski definition) is 3. The number of piperidine rings is 1. The highest BCUT2D eigenvalue weighted by Crippen LogP contribution is 2.32. The Morgan fingerprint density at radius 1 is 1.17 bits per heavy atom. The minimum atomic E-state index is 0.972. The first kappa shape index (κ1) is 12.2. The number of aromatic nitrogens is 2. The molecule has 100 valence electrons. The first-order valence-corrected chi connectivity index (χ1v) is 7.34. The second kappa shape index (κ2) is 5.85. The highest BCUT2D eigenvalue weighted by Gasteiger charge is 2.27. The standard InChI is InChI=1S/C7H11N3.C7H13N/c1-3-8-6-7-2-4-9-10(7)5-1;1-2-7-3-6(1)4-8-5-7/h2,4,8H,1,3,5-6H2;6-8H,1-5H2. The van der Waals surface area contributed by atoms with Crippen LogP contribution in [0.2, 0.25) is 0 Å². The first-order valence-electron chi connectivity index (χ1n) is 7.34. The molecule has 3 heterocycles. The highest BCUT2D eigenvalue weighted by molar-refractivity contribution is 5.00. The van der Waals surface area contributed by atoms with Crippen LogP contribution in [-0.4, -0.2) is 29.4 Å². The lowest BCUT2D eigenvalue weighted by Gasteiger charge is -2.18. The highest BCUT2D eigenvalue weighted by atomic mass is 15.3. The number of rotatable bonds is 0. The Morgan fingerprint density at radius 2 is 2.00 bits per heavy atom. The minimum Gasteiger partial charge on any atom is -0.316 e. The largest absolute Gasteiger partial charge is 0.316 e. The van der Waals surface area contributed by atoms with Crippen LogP contribution in [0.4, 0.5) is 0 Å². The van der Waals surface area contributed by atoms with Gasteiger partial charge in [0.05, 0.1) is 5.69 Å². The number of fused-ring (bicyclic) bond motifs is 3. The van der Waals surface area contributed by atoms with E-state index >= 15 is 0 Å². The van der Waals surface area contributed by atoms with Gasteiger partial charge in [-0.1, -0.05) is 0 Å². The zero-order valence-electron chi connectivity index (χ0n) is 11.1. The number of nitrogens with zero attached hydrogens (tertiary/aromatic N) is 2. The molecule has 4 rings (SSSR count). The maximum Gasteiger partial charge on any atom is 0.0522 e. The molecular formula is C14H24N4. The van der Waals surface area contributed by atoms with Crippen molar-refractivity contribution in [3.8, 4) is 0 Å². The Bertz CT molecular complexity index is 339. The normalized spacial score (nSPS) is 30.0. The van der Waals surface area contributed by atoms with Gasteiger partial charge >= 0.3 is 0 Å². The van der Waals surface area contributed by atoms with Crippen molar-refractivity contribution >= 4 is 0 Å². The fourth-order valence-electron chi connectivity index (χ4n) is 3.32. The van der Waals surface area contributed by atoms with Crippen molar-refractivity contribution in [2.24, 2.45) is 11.8 Å². The van der Waals surface area contributed by atoms with Gasteiger partial charge < -0.3 is 10.6 Å². The van der Waals surface area contributed by atoms with Crippen LogP contribution < -0.4 is 10.6 Å². The first-order chi connectivity index (χ1) is 8.92. The van der Waals surface area contributed by atoms with E-state index < -0.39 is 0 Å². The Hall–Kier alpha value is -0.870. The Morgan fingerprint density at radius 3 is 2.78 bits per heavy atom. The lowest BCUT2D eigenvalue weighted by atomic mass is 10.0. The molecule has 2 N–H and O–H groups in total. The van der Waals surface area contributed by atoms with Crippen molar-refractivity contribution < 1.29 is 0 Å². The summed E-state index contributed by atoms with van der Waals surface area (Å²) in [5.74, 6) is 2.10. The zero-order chi connectivity index (χ0) is 12.2. The van der Waals surface area contributed by atoms with Crippen LogP contribution in [0.25, 0.3) is 0 Å². The number of aryl methyl sites for hydroxylation is 1. The van der Waals surface area contributed by atoms with Gasteiger partial charge in [-0.15, -0.1) is 0 Å². The number of nitrogens with one attached hydrogen (secondary N) is 2. The van der Waals surface area contributed by atoms with Gasteiger partial charge in [0.2, 0.25) is 0 Å². The molecule has 2 bridgehead atoms. The fraction of sp³-hybridized carbons (Fsp3) is 0.786. The van der Waals surface area contributed by atoms with Gasteiger partial charge in [-0.2, -0.15) is 5.10 Å². The van der Waals surface area contributed by atoms with Crippen LogP contribution >= 0.6 is 0 Å². The fourth-order valence-corrected chi connectivity index (χ4v) is 3.32. The van der Waals surface area contributed by atoms with Crippen molar-refractivity contribution in [2.75, 3.05) is 19.6 Å². The maximum atomic E-state index is 4.19. The van der Waals surface area contributed by atoms with E-state index in [9.17, 15) is 0 Å². The van der Waals surface area contributed by atoms with E-state index in [4.69, 9.17) is 0 Å². The number of hydrogen-bond donors (Lipinski definition) is 2. The summed E-state index contributed by atoms with van der Waals surface area (Å²) in [6.45, 7) is 5.76. The van der Waals surface area contributed by atoms with E-state index in [1.807, 2.05) is 6.20 Å². The molecule has 2 fully saturated rings. The van der Waals surface area contributed by atoms with Gasteiger partial charge in [0, 0.05) is 19.3 Å². The third-order valence-electron chi connectivity index (χ3n) is 4.35. The Kier molecular flexibility index (Phi) is 3.96. The van der Waals surface area contributed by atoms with Crippen molar-refractivity contribution in [1.82, 2.24) is 20.4 Å². The summed E-state index contributed by atoms with van der Waals surface area (Å²) in [4.78, 5) is 0. The van der Waals surface area contributed by atoms with E-state index in [-0.39, 0.29) is 0 Å². The van der Waals surface area contributed by atoms with E-state index in [2.05, 4.69) is 26.5 Å². The smallest absolute Gasteiger partial charge is 0.0522 e. The lowest BCUT2D eigenvalue weighted by molar-refractivity contribution is 0.379. The molecule has 2 atom stereocenters. The summed E-state index contributed by atoms with van der Waals surface area (Å²) in [7, 11) is 0. The lowest BCUT2D eigenvalue weighted by Crippen LogP contribution is -2.30. The van der Waals surface area contributed by atoms with Gasteiger partial charge in [0.15, 0.2) is 0 Å². The molecule has 0 amide bonds. The second-order valence-electron chi connectivity index (χ2n) is 5.78. The molecule has 1 aliphatic carbocycles. The van der Waals surface area contributed by atoms with E-state index in [0.717, 1.165) is 31.5 Å². The summed E-state index contributed by atoms with van der Waals surface area (Å²) in [6.07, 6.45) is 7.57. The SMILES string of the molecule is C1CC2CNCC1C2.c1cc2n(n1)CCCNC2. The van der Waals surface area contributed by atoms with Crippen molar-refractivity contribution in [1.29, 1.82) is 0 Å². The molecule has 18 heavy (non-hydrogen) atoms.